The Morgan fingerprint density at radius 1 is 0.309 bits per heavy atom. The van der Waals surface area contributed by atoms with Gasteiger partial charge in [-0.05, 0) is 146 Å². The van der Waals surface area contributed by atoms with Crippen LogP contribution in [0.3, 0.4) is 0 Å². The van der Waals surface area contributed by atoms with Crippen molar-refractivity contribution in [3.8, 4) is 0 Å². The molecule has 0 atom stereocenters. The van der Waals surface area contributed by atoms with Gasteiger partial charge in [-0.1, -0.05) is 158 Å². The van der Waals surface area contributed by atoms with Gasteiger partial charge in [0.1, 0.15) is 42.4 Å². The quantitative estimate of drug-likeness (QED) is 0.0183. The topological polar surface area (TPSA) is 163 Å². The van der Waals surface area contributed by atoms with Crippen LogP contribution in [0.1, 0.15) is 11.1 Å². The van der Waals surface area contributed by atoms with E-state index < -0.39 is 63.5 Å². The molecule has 0 saturated heterocycles. The number of halogens is 10. The van der Waals surface area contributed by atoms with E-state index in [1.54, 1.807) is 0 Å². The third-order valence-corrected chi connectivity index (χ3v) is 23.0. The molecule has 0 bridgehead atoms. The number of anilines is 4. The minimum atomic E-state index is -6.09. The van der Waals surface area contributed by atoms with E-state index in [4.69, 9.17) is 72.3 Å². The van der Waals surface area contributed by atoms with E-state index >= 15 is 0 Å². The smallest absolute Gasteiger partial charge is 0.741 e. The zero-order chi connectivity index (χ0) is 67.2. The molecule has 0 saturated carbocycles. The molecule has 0 fully saturated rings. The summed E-state index contributed by atoms with van der Waals surface area (Å²) in [6.07, 6.45) is 0. The van der Waals surface area contributed by atoms with Crippen LogP contribution in [-0.4, -0.2) is 47.6 Å². The van der Waals surface area contributed by atoms with Crippen molar-refractivity contribution < 1.29 is 97.0 Å². The first-order chi connectivity index (χ1) is 43.9. The van der Waals surface area contributed by atoms with E-state index in [1.165, 1.54) is 53.6 Å². The van der Waals surface area contributed by atoms with Crippen molar-refractivity contribution in [2.75, 3.05) is 31.0 Å². The Labute approximate surface area is 601 Å². The minimum absolute atomic E-state index is 0. The molecule has 0 aliphatic heterocycles. The predicted molar refractivity (Wildman–Crippen MR) is 383 cm³/mol. The Kier molecular flexibility index (Phi) is 37.9. The van der Waals surface area contributed by atoms with Crippen molar-refractivity contribution >= 4 is 164 Å². The fourth-order valence-corrected chi connectivity index (χ4v) is 17.0. The molecule has 10 aromatic carbocycles. The molecule has 10 nitrogen and oxygen atoms in total. The van der Waals surface area contributed by atoms with Crippen molar-refractivity contribution in [1.29, 1.82) is 0 Å². The second kappa shape index (κ2) is 42.8. The van der Waals surface area contributed by atoms with Crippen molar-refractivity contribution in [3.63, 3.8) is 0 Å². The van der Waals surface area contributed by atoms with Gasteiger partial charge in [0.05, 0.1) is 33.4 Å². The predicted octanol–water partition coefficient (Wildman–Crippen LogP) is 15.7. The second-order valence-electron chi connectivity index (χ2n) is 19.0. The van der Waals surface area contributed by atoms with Gasteiger partial charge in [-0.15, -0.1) is 46.4 Å². The number of hydrogen-bond donors (Lipinski definition) is 4. The van der Waals surface area contributed by atoms with E-state index in [-0.39, 0.29) is 55.4 Å². The molecule has 0 amide bonds. The Bertz CT molecular complexity index is 3570. The molecular formula is C66H64Au2Cl4F6N4O6P4S2+4. The van der Waals surface area contributed by atoms with E-state index in [2.05, 4.69) is 313 Å². The molecule has 0 aliphatic carbocycles. The zero-order valence-corrected chi connectivity index (χ0v) is 62.6. The first-order valence-electron chi connectivity index (χ1n) is 27.4. The summed E-state index contributed by atoms with van der Waals surface area (Å²) in [5.74, 6) is 0. The number of alkyl halides is 10. The van der Waals surface area contributed by atoms with Gasteiger partial charge < -0.3 is 9.11 Å². The average molecular weight is 1850 g/mol. The molecule has 0 heterocycles. The molecule has 0 unspecified atom stereocenters. The normalized spacial score (nSPS) is 10.9. The van der Waals surface area contributed by atoms with Crippen molar-refractivity contribution in [1.82, 2.24) is 0 Å². The standard InChI is InChI=1S/2C31H28N2P2.2CH2Cl2.2CHF3O3S.2Au/c2*1-25-22-23-30(32-34(26-14-6-2-7-15-26)27-16-8-3-9-17-27)31(24-25)33-35(28-18-10-4-11-19-28)29-20-12-5-13-21-29;2*2-1-3;2*2-1(3,4)8(5,6)7;;/h2*2-24,32-33H,1H3;2*1H2;2*(H,5,6,7);;/q;;;;;;2*+1/p+2. The summed E-state index contributed by atoms with van der Waals surface area (Å²) in [4.78, 5) is 0. The second-order valence-corrected chi connectivity index (χ2v) is 32.0. The fourth-order valence-electron chi connectivity index (χ4n) is 8.36. The summed E-state index contributed by atoms with van der Waals surface area (Å²) < 4.78 is 118. The van der Waals surface area contributed by atoms with E-state index in [9.17, 15) is 26.3 Å². The molecule has 94 heavy (non-hydrogen) atoms. The summed E-state index contributed by atoms with van der Waals surface area (Å²) in [5, 5.41) is 27.0. The molecule has 28 heteroatoms. The Morgan fingerprint density at radius 3 is 0.585 bits per heavy atom. The molecule has 10 aromatic rings. The molecule has 0 aromatic heterocycles. The number of benzene rings is 10. The van der Waals surface area contributed by atoms with Gasteiger partial charge >= 0.3 is 55.8 Å². The Hall–Kier alpha value is -4.84. The van der Waals surface area contributed by atoms with Crippen LogP contribution in [0.4, 0.5) is 49.1 Å². The fraction of sp³-hybridized carbons (Fsp3) is 0.0909. The molecule has 0 radical (unpaired) electrons. The molecule has 0 spiro atoms. The van der Waals surface area contributed by atoms with Crippen molar-refractivity contribution in [2.45, 2.75) is 24.9 Å². The van der Waals surface area contributed by atoms with Gasteiger partial charge in [-0.2, -0.15) is 26.3 Å². The average Bonchev–Trinajstić information content (AvgIpc) is 0.856. The number of hydrogen-bond acceptors (Lipinski definition) is 10. The van der Waals surface area contributed by atoms with Crippen LogP contribution in [0.5, 0.6) is 0 Å². The zero-order valence-electron chi connectivity index (χ0n) is 49.6. The van der Waals surface area contributed by atoms with Crippen LogP contribution in [0.25, 0.3) is 0 Å². The summed E-state index contributed by atoms with van der Waals surface area (Å²) in [7, 11) is -17.1. The van der Waals surface area contributed by atoms with Crippen molar-refractivity contribution in [2.24, 2.45) is 0 Å². The Morgan fingerprint density at radius 2 is 0.447 bits per heavy atom. The maximum Gasteiger partial charge on any atom is 1.00 e. The summed E-state index contributed by atoms with van der Waals surface area (Å²) in [5.41, 5.74) is -4.21. The summed E-state index contributed by atoms with van der Waals surface area (Å²) in [6.45, 7) is 4.32. The molecule has 504 valence electrons. The first-order valence-corrected chi connectivity index (χ1v) is 38.3. The van der Waals surface area contributed by atoms with Gasteiger partial charge in [0.15, 0.2) is 52.5 Å². The third kappa shape index (κ3) is 28.3. The van der Waals surface area contributed by atoms with Crippen LogP contribution < -0.4 is 62.8 Å². The van der Waals surface area contributed by atoms with Gasteiger partial charge in [0, 0.05) is 0 Å². The number of nitrogens with one attached hydrogen (secondary N) is 4. The maximum atomic E-state index is 10.7. The monoisotopic (exact) mass is 1840 g/mol. The molecule has 10 rings (SSSR count). The van der Waals surface area contributed by atoms with E-state index in [1.807, 2.05) is 0 Å². The van der Waals surface area contributed by atoms with Gasteiger partial charge in [-0.3, -0.25) is 20.3 Å². The minimum Gasteiger partial charge on any atom is -0.741 e. The van der Waals surface area contributed by atoms with Crippen LogP contribution in [0.15, 0.2) is 279 Å². The SMILES string of the molecule is Cc1ccc(N[PH+](c2ccccc2)c2ccccc2)c(N[PH+](c2ccccc2)c2ccccc2)c1.Cc1ccc(N[PH+](c2ccccc2)c2ccccc2)c(N[PH+](c2ccccc2)c2ccccc2)c1.ClCCl.ClCCl.O=S(=O)([O-])C(F)(F)F.O=S(=O)([O-])C(F)(F)F.[Au+].[Au+]. The van der Waals surface area contributed by atoms with E-state index in [0.29, 0.717) is 0 Å². The van der Waals surface area contributed by atoms with Gasteiger partial charge in [0.2, 0.25) is 0 Å². The largest absolute Gasteiger partial charge is 1.00 e. The van der Waals surface area contributed by atoms with Gasteiger partial charge in [0.25, 0.3) is 0 Å². The Balaban J connectivity index is 0.000000367. The van der Waals surface area contributed by atoms with Crippen LogP contribution >= 0.6 is 78.7 Å². The molecule has 0 aliphatic rings. The molecular weight excluding hydrogens is 1780 g/mol. The van der Waals surface area contributed by atoms with Crippen LogP contribution in [0.2, 0.25) is 0 Å². The van der Waals surface area contributed by atoms with Crippen molar-refractivity contribution in [3.05, 3.63) is 290 Å². The summed E-state index contributed by atoms with van der Waals surface area (Å²) >= 11 is 19.1. The van der Waals surface area contributed by atoms with E-state index in [0.717, 1.165) is 22.7 Å². The van der Waals surface area contributed by atoms with Gasteiger partial charge in [-0.25, -0.2) is 16.8 Å². The maximum absolute atomic E-state index is 10.7. The third-order valence-electron chi connectivity index (χ3n) is 12.5. The molecule has 4 N–H and O–H groups in total. The first kappa shape index (κ1) is 83.4. The van der Waals surface area contributed by atoms with Crippen LogP contribution in [-0.2, 0) is 65.0 Å². The number of aryl methyl sites for hydroxylation is 2. The number of rotatable bonds is 16. The summed E-state index contributed by atoms with van der Waals surface area (Å²) in [6, 6.07) is 99.9. The van der Waals surface area contributed by atoms with Crippen LogP contribution in [0, 0.1) is 13.8 Å².